The molecule has 1 unspecified atom stereocenters. The summed E-state index contributed by atoms with van der Waals surface area (Å²) in [4.78, 5) is 32.9. The fourth-order valence-electron chi connectivity index (χ4n) is 4.35. The molecule has 45 heavy (non-hydrogen) atoms. The Bertz CT molecular complexity index is 1430. The van der Waals surface area contributed by atoms with Crippen LogP contribution in [0.15, 0.2) is 24.3 Å². The van der Waals surface area contributed by atoms with E-state index in [1.165, 1.54) is 0 Å². The average Bonchev–Trinajstić information content (AvgIpc) is 3.35. The Hall–Kier alpha value is -3.49. The Labute approximate surface area is 262 Å². The van der Waals surface area contributed by atoms with Crippen LogP contribution in [-0.4, -0.2) is 72.2 Å². The topological polar surface area (TPSA) is 182 Å². The molecule has 0 saturated heterocycles. The molecular formula is C29H43N4O11P. The van der Waals surface area contributed by atoms with E-state index in [0.717, 1.165) is 17.3 Å². The highest BCUT2D eigenvalue weighted by Gasteiger charge is 2.29. The maximum atomic E-state index is 13.6. The van der Waals surface area contributed by atoms with Crippen molar-refractivity contribution >= 4 is 47.7 Å². The number of hydrogen-bond donors (Lipinski definition) is 1. The van der Waals surface area contributed by atoms with Crippen LogP contribution in [0, 0.1) is 0 Å². The van der Waals surface area contributed by atoms with Gasteiger partial charge in [0, 0.05) is 12.0 Å². The first-order valence-electron chi connectivity index (χ1n) is 14.7. The van der Waals surface area contributed by atoms with E-state index in [4.69, 9.17) is 48.2 Å². The van der Waals surface area contributed by atoms with Crippen LogP contribution in [0.2, 0.25) is 0 Å². The van der Waals surface area contributed by atoms with Gasteiger partial charge in [-0.25, -0.2) is 19.6 Å². The number of ether oxygens (including phenoxy) is 6. The second-order valence-electron chi connectivity index (χ2n) is 10.4. The molecular weight excluding hydrogens is 611 g/mol. The lowest BCUT2D eigenvalue weighted by Gasteiger charge is -2.24. The summed E-state index contributed by atoms with van der Waals surface area (Å²) in [5, 5.41) is 0.853. The van der Waals surface area contributed by atoms with E-state index in [1.807, 2.05) is 42.7 Å². The van der Waals surface area contributed by atoms with Crippen LogP contribution in [0.25, 0.3) is 21.9 Å². The zero-order chi connectivity index (χ0) is 33.0. The molecule has 0 spiro atoms. The molecule has 1 atom stereocenters. The third kappa shape index (κ3) is 10.5. The van der Waals surface area contributed by atoms with Crippen LogP contribution in [0.3, 0.4) is 0 Å². The molecule has 3 rings (SSSR count). The predicted molar refractivity (Wildman–Crippen MR) is 164 cm³/mol. The second-order valence-corrected chi connectivity index (χ2v) is 12.4. The summed E-state index contributed by atoms with van der Waals surface area (Å²) in [5.41, 5.74) is 8.36. The first-order chi connectivity index (χ1) is 21.5. The zero-order valence-corrected chi connectivity index (χ0v) is 27.4. The van der Waals surface area contributed by atoms with Gasteiger partial charge in [0.05, 0.1) is 35.9 Å². The molecule has 0 bridgehead atoms. The van der Waals surface area contributed by atoms with Crippen molar-refractivity contribution < 1.29 is 51.6 Å². The number of pyridine rings is 1. The molecule has 0 fully saturated rings. The maximum absolute atomic E-state index is 13.6. The number of nitrogen functional groups attached to an aromatic ring is 1. The van der Waals surface area contributed by atoms with Gasteiger partial charge in [0.2, 0.25) is 13.6 Å². The van der Waals surface area contributed by atoms with Crippen molar-refractivity contribution in [2.75, 3.05) is 38.9 Å². The van der Waals surface area contributed by atoms with Crippen molar-refractivity contribution in [3.05, 3.63) is 30.1 Å². The lowest BCUT2D eigenvalue weighted by atomic mass is 10.1. The first-order valence-corrected chi connectivity index (χ1v) is 16.5. The minimum Gasteiger partial charge on any atom is -0.432 e. The Balaban J connectivity index is 1.84. The number of nitrogens with zero attached hydrogens (tertiary/aromatic N) is 3. The number of carbonyl (C=O) groups excluding carboxylic acids is 2. The molecule has 15 nitrogen and oxygen atoms in total. The summed E-state index contributed by atoms with van der Waals surface area (Å²) in [5.74, 6) is 0.915. The first kappa shape index (κ1) is 36.0. The number of para-hydroxylation sites is 1. The molecule has 0 aliphatic heterocycles. The Kier molecular flexibility index (Phi) is 13.8. The normalized spacial score (nSPS) is 12.6. The Morgan fingerprint density at radius 3 is 2.13 bits per heavy atom. The van der Waals surface area contributed by atoms with E-state index in [2.05, 4.69) is 4.98 Å². The van der Waals surface area contributed by atoms with E-state index in [-0.39, 0.29) is 25.1 Å². The fourth-order valence-corrected chi connectivity index (χ4v) is 5.33. The quantitative estimate of drug-likeness (QED) is 0.0918. The molecule has 2 heterocycles. The van der Waals surface area contributed by atoms with Gasteiger partial charge >= 0.3 is 19.9 Å². The summed E-state index contributed by atoms with van der Waals surface area (Å²) < 4.78 is 57.3. The molecule has 0 aliphatic carbocycles. The molecule has 2 N–H and O–H groups in total. The van der Waals surface area contributed by atoms with Gasteiger partial charge in [0.1, 0.15) is 24.3 Å². The summed E-state index contributed by atoms with van der Waals surface area (Å²) >= 11 is 0. The molecule has 2 aromatic heterocycles. The average molecular weight is 655 g/mol. The van der Waals surface area contributed by atoms with Crippen LogP contribution >= 0.6 is 7.60 Å². The monoisotopic (exact) mass is 654 g/mol. The maximum Gasteiger partial charge on any atom is 0.510 e. The van der Waals surface area contributed by atoms with Gasteiger partial charge < -0.3 is 38.7 Å². The molecule has 16 heteroatoms. The molecule has 3 aromatic rings. The second kappa shape index (κ2) is 17.3. The van der Waals surface area contributed by atoms with E-state index in [1.54, 1.807) is 27.7 Å². The number of aromatic nitrogens is 3. The highest BCUT2D eigenvalue weighted by molar-refractivity contribution is 7.53. The van der Waals surface area contributed by atoms with Crippen molar-refractivity contribution in [1.82, 2.24) is 14.5 Å². The summed E-state index contributed by atoms with van der Waals surface area (Å²) in [7, 11) is -4.14. The SMILES string of the molecule is CCCC(COCP(=O)(OCOC(=O)OC(C)C)OCOC(=O)OC(C)C)n1c(COCC)nc2c(N)nc3ccccc3c21. The number of anilines is 1. The Morgan fingerprint density at radius 2 is 1.56 bits per heavy atom. The molecule has 0 amide bonds. The number of carbonyl (C=O) groups is 2. The van der Waals surface area contributed by atoms with Gasteiger partial charge in [-0.05, 0) is 47.1 Å². The van der Waals surface area contributed by atoms with E-state index < -0.39 is 52.0 Å². The van der Waals surface area contributed by atoms with Crippen molar-refractivity contribution in [2.45, 2.75) is 79.2 Å². The smallest absolute Gasteiger partial charge is 0.432 e. The number of rotatable bonds is 18. The number of benzene rings is 1. The molecule has 1 aromatic carbocycles. The predicted octanol–water partition coefficient (Wildman–Crippen LogP) is 6.28. The lowest BCUT2D eigenvalue weighted by Crippen LogP contribution is -2.20. The van der Waals surface area contributed by atoms with E-state index >= 15 is 0 Å². The van der Waals surface area contributed by atoms with Gasteiger partial charge in [0.25, 0.3) is 0 Å². The highest BCUT2D eigenvalue weighted by Crippen LogP contribution is 2.48. The van der Waals surface area contributed by atoms with Crippen LogP contribution in [0.5, 0.6) is 0 Å². The summed E-state index contributed by atoms with van der Waals surface area (Å²) in [6.07, 6.45) is -2.04. The lowest BCUT2D eigenvalue weighted by molar-refractivity contribution is -0.0348. The van der Waals surface area contributed by atoms with Crippen molar-refractivity contribution in [3.8, 4) is 0 Å². The van der Waals surface area contributed by atoms with Crippen LogP contribution < -0.4 is 5.73 Å². The fraction of sp³-hybridized carbons (Fsp3) is 0.586. The standard InChI is InChI=1S/C29H43N4O11P/c1-7-11-21(33-24(15-37-8-2)32-25-26(33)22-12-9-10-13-23(22)31-27(25)30)14-38-18-45(36,41-16-39-28(34)43-19(3)4)42-17-40-29(35)44-20(5)6/h9-10,12-13,19-21H,7-8,11,14-18H2,1-6H3,(H2,30,31). The highest BCUT2D eigenvalue weighted by atomic mass is 31.2. The molecule has 0 aliphatic rings. The summed E-state index contributed by atoms with van der Waals surface area (Å²) in [6, 6.07) is 7.31. The van der Waals surface area contributed by atoms with Gasteiger partial charge in [-0.3, -0.25) is 13.6 Å². The minimum atomic E-state index is -4.14. The van der Waals surface area contributed by atoms with Crippen molar-refractivity contribution in [2.24, 2.45) is 0 Å². The van der Waals surface area contributed by atoms with Gasteiger partial charge in [-0.2, -0.15) is 0 Å². The van der Waals surface area contributed by atoms with Crippen molar-refractivity contribution in [3.63, 3.8) is 0 Å². The zero-order valence-electron chi connectivity index (χ0n) is 26.6. The number of nitrogens with two attached hydrogens (primary N) is 1. The Morgan fingerprint density at radius 1 is 0.933 bits per heavy atom. The number of imidazole rings is 1. The van der Waals surface area contributed by atoms with Crippen molar-refractivity contribution in [1.29, 1.82) is 0 Å². The number of fused-ring (bicyclic) bond motifs is 3. The number of hydrogen-bond acceptors (Lipinski definition) is 14. The summed E-state index contributed by atoms with van der Waals surface area (Å²) in [6.45, 7) is 9.71. The third-order valence-electron chi connectivity index (χ3n) is 6.13. The largest absolute Gasteiger partial charge is 0.510 e. The molecule has 0 radical (unpaired) electrons. The van der Waals surface area contributed by atoms with Gasteiger partial charge in [-0.1, -0.05) is 31.5 Å². The van der Waals surface area contributed by atoms with Crippen LogP contribution in [-0.2, 0) is 48.6 Å². The van der Waals surface area contributed by atoms with E-state index in [9.17, 15) is 14.2 Å². The molecule has 0 saturated carbocycles. The van der Waals surface area contributed by atoms with Gasteiger partial charge in [-0.15, -0.1) is 0 Å². The van der Waals surface area contributed by atoms with Crippen LogP contribution in [0.4, 0.5) is 15.4 Å². The van der Waals surface area contributed by atoms with Crippen LogP contribution in [0.1, 0.15) is 66.3 Å². The minimum absolute atomic E-state index is 0.0538. The van der Waals surface area contributed by atoms with E-state index in [0.29, 0.717) is 29.9 Å². The third-order valence-corrected chi connectivity index (χ3v) is 7.62. The molecule has 250 valence electrons. The van der Waals surface area contributed by atoms with Gasteiger partial charge in [0.15, 0.2) is 5.82 Å².